The second-order valence-corrected chi connectivity index (χ2v) is 6.94. The molecule has 0 spiro atoms. The van der Waals surface area contributed by atoms with E-state index in [0.29, 0.717) is 15.9 Å². The van der Waals surface area contributed by atoms with Gasteiger partial charge in [-0.15, -0.1) is 0 Å². The molecule has 118 valence electrons. The number of nitrogens with zero attached hydrogens (tertiary/aromatic N) is 1. The summed E-state index contributed by atoms with van der Waals surface area (Å²) in [7, 11) is 0. The zero-order chi connectivity index (χ0) is 16.2. The lowest BCUT2D eigenvalue weighted by Gasteiger charge is -2.20. The third-order valence-electron chi connectivity index (χ3n) is 2.88. The van der Waals surface area contributed by atoms with Crippen LogP contribution in [-0.2, 0) is 4.79 Å². The molecule has 0 aliphatic carbocycles. The fourth-order valence-corrected chi connectivity index (χ4v) is 2.14. The zero-order valence-electron chi connectivity index (χ0n) is 12.8. The Morgan fingerprint density at radius 1 is 1.38 bits per heavy atom. The fourth-order valence-electron chi connectivity index (χ4n) is 1.33. The summed E-state index contributed by atoms with van der Waals surface area (Å²) < 4.78 is 0. The maximum Gasteiger partial charge on any atom is 0.265 e. The average molecular weight is 313 g/mol. The van der Waals surface area contributed by atoms with Gasteiger partial charge in [-0.25, -0.2) is 4.98 Å². The summed E-state index contributed by atoms with van der Waals surface area (Å²) in [4.78, 5) is 27.8. The van der Waals surface area contributed by atoms with Gasteiger partial charge in [0.05, 0.1) is 5.41 Å². The van der Waals surface area contributed by atoms with Crippen LogP contribution in [0.15, 0.2) is 0 Å². The van der Waals surface area contributed by atoms with E-state index >= 15 is 0 Å². The molecule has 1 rings (SSSR count). The first-order valence-electron chi connectivity index (χ1n) is 6.71. The molecule has 0 fully saturated rings. The van der Waals surface area contributed by atoms with Crippen molar-refractivity contribution in [2.24, 2.45) is 17.1 Å². The van der Waals surface area contributed by atoms with Crippen LogP contribution in [0.2, 0.25) is 0 Å². The van der Waals surface area contributed by atoms with Gasteiger partial charge in [0.25, 0.3) is 5.91 Å². The molecule has 0 bridgehead atoms. The highest BCUT2D eigenvalue weighted by Gasteiger charge is 2.26. The van der Waals surface area contributed by atoms with Gasteiger partial charge in [-0.2, -0.15) is 0 Å². The molecule has 21 heavy (non-hydrogen) atoms. The first-order chi connectivity index (χ1) is 9.63. The number of thiazole rings is 1. The number of amides is 2. The molecule has 7 nitrogen and oxygen atoms in total. The van der Waals surface area contributed by atoms with Crippen molar-refractivity contribution >= 4 is 34.1 Å². The molecule has 0 atom stereocenters. The second kappa shape index (κ2) is 6.75. The molecule has 0 unspecified atom stereocenters. The number of carbonyl (C=O) groups is 2. The van der Waals surface area contributed by atoms with Crippen LogP contribution in [0.3, 0.4) is 0 Å². The molecule has 8 heteroatoms. The Balaban J connectivity index is 2.68. The second-order valence-electron chi connectivity index (χ2n) is 5.94. The van der Waals surface area contributed by atoms with Gasteiger partial charge < -0.3 is 22.1 Å². The number of hydrogen-bond donors (Lipinski definition) is 4. The van der Waals surface area contributed by atoms with Crippen molar-refractivity contribution in [3.8, 4) is 0 Å². The Labute approximate surface area is 128 Å². The van der Waals surface area contributed by atoms with Crippen LogP contribution in [0, 0.1) is 11.3 Å². The van der Waals surface area contributed by atoms with Crippen molar-refractivity contribution in [2.45, 2.75) is 27.7 Å². The molecule has 0 aliphatic heterocycles. The van der Waals surface area contributed by atoms with Crippen molar-refractivity contribution in [1.82, 2.24) is 10.3 Å². The average Bonchev–Trinajstić information content (AvgIpc) is 2.75. The lowest BCUT2D eigenvalue weighted by atomic mass is 9.93. The minimum absolute atomic E-state index is 0.146. The Kier molecular flexibility index (Phi) is 5.54. The topological polar surface area (TPSA) is 123 Å². The van der Waals surface area contributed by atoms with Crippen LogP contribution in [0.4, 0.5) is 10.9 Å². The van der Waals surface area contributed by atoms with E-state index < -0.39 is 11.3 Å². The maximum absolute atomic E-state index is 12.1. The van der Waals surface area contributed by atoms with Crippen LogP contribution in [0.5, 0.6) is 0 Å². The molecule has 0 saturated heterocycles. The fraction of sp³-hybridized carbons (Fsp3) is 0.615. The predicted molar refractivity (Wildman–Crippen MR) is 85.2 cm³/mol. The third kappa shape index (κ3) is 4.89. The summed E-state index contributed by atoms with van der Waals surface area (Å²) in [6, 6.07) is 0. The van der Waals surface area contributed by atoms with E-state index in [9.17, 15) is 9.59 Å². The van der Waals surface area contributed by atoms with Gasteiger partial charge in [-0.1, -0.05) is 25.2 Å². The number of rotatable bonds is 7. The van der Waals surface area contributed by atoms with E-state index in [1.807, 2.05) is 0 Å². The SMILES string of the molecule is CC(C)CNc1nc(N)c(C(=O)NCC(C)(C)C(N)=O)s1. The van der Waals surface area contributed by atoms with E-state index in [0.717, 1.165) is 6.54 Å². The van der Waals surface area contributed by atoms with Crippen LogP contribution >= 0.6 is 11.3 Å². The van der Waals surface area contributed by atoms with Gasteiger partial charge in [0.1, 0.15) is 10.7 Å². The van der Waals surface area contributed by atoms with Gasteiger partial charge in [-0.05, 0) is 19.8 Å². The van der Waals surface area contributed by atoms with Gasteiger partial charge >= 0.3 is 0 Å². The first-order valence-corrected chi connectivity index (χ1v) is 7.53. The van der Waals surface area contributed by atoms with Crippen molar-refractivity contribution in [3.63, 3.8) is 0 Å². The number of nitrogen functional groups attached to an aromatic ring is 1. The molecule has 0 aromatic carbocycles. The Hall–Kier alpha value is -1.83. The standard InChI is InChI=1S/C13H23N5O2S/c1-7(2)5-16-12-18-9(14)8(21-12)10(19)17-6-13(3,4)11(15)20/h7H,5-6,14H2,1-4H3,(H2,15,20)(H,16,18)(H,17,19). The summed E-state index contributed by atoms with van der Waals surface area (Å²) in [5.41, 5.74) is 10.2. The van der Waals surface area contributed by atoms with Gasteiger partial charge in [0, 0.05) is 13.1 Å². The van der Waals surface area contributed by atoms with Crippen molar-refractivity contribution in [1.29, 1.82) is 0 Å². The molecule has 0 aliphatic rings. The van der Waals surface area contributed by atoms with Crippen LogP contribution in [0.1, 0.15) is 37.4 Å². The number of anilines is 2. The lowest BCUT2D eigenvalue weighted by molar-refractivity contribution is -0.125. The number of nitrogens with one attached hydrogen (secondary N) is 2. The predicted octanol–water partition coefficient (Wildman–Crippen LogP) is 1.03. The van der Waals surface area contributed by atoms with E-state index in [1.54, 1.807) is 13.8 Å². The molecule has 1 aromatic rings. The Morgan fingerprint density at radius 3 is 2.52 bits per heavy atom. The molecule has 0 radical (unpaired) electrons. The van der Waals surface area contributed by atoms with E-state index in [-0.39, 0.29) is 18.3 Å². The summed E-state index contributed by atoms with van der Waals surface area (Å²) in [6.07, 6.45) is 0. The number of primary amides is 1. The van der Waals surface area contributed by atoms with E-state index in [4.69, 9.17) is 11.5 Å². The lowest BCUT2D eigenvalue weighted by Crippen LogP contribution is -2.42. The summed E-state index contributed by atoms with van der Waals surface area (Å²) in [6.45, 7) is 8.38. The molecule has 1 aromatic heterocycles. The highest BCUT2D eigenvalue weighted by Crippen LogP contribution is 2.25. The third-order valence-corrected chi connectivity index (χ3v) is 3.91. The zero-order valence-corrected chi connectivity index (χ0v) is 13.6. The van der Waals surface area contributed by atoms with Crippen molar-refractivity contribution in [3.05, 3.63) is 4.88 Å². The summed E-state index contributed by atoms with van der Waals surface area (Å²) in [5.74, 6) is -0.180. The van der Waals surface area contributed by atoms with Crippen LogP contribution in [-0.4, -0.2) is 29.9 Å². The largest absolute Gasteiger partial charge is 0.382 e. The van der Waals surface area contributed by atoms with Gasteiger partial charge in [-0.3, -0.25) is 9.59 Å². The van der Waals surface area contributed by atoms with Crippen LogP contribution < -0.4 is 22.1 Å². The number of aromatic nitrogens is 1. The monoisotopic (exact) mass is 313 g/mol. The van der Waals surface area contributed by atoms with Gasteiger partial charge in [0.2, 0.25) is 5.91 Å². The summed E-state index contributed by atoms with van der Waals surface area (Å²) >= 11 is 1.19. The van der Waals surface area contributed by atoms with E-state index in [2.05, 4.69) is 29.5 Å². The molecule has 6 N–H and O–H groups in total. The quantitative estimate of drug-likeness (QED) is 0.599. The molecular weight excluding hydrogens is 290 g/mol. The van der Waals surface area contributed by atoms with Gasteiger partial charge in [0.15, 0.2) is 5.13 Å². The van der Waals surface area contributed by atoms with Crippen molar-refractivity contribution < 1.29 is 9.59 Å². The Bertz CT molecular complexity index is 525. The Morgan fingerprint density at radius 2 is 2.00 bits per heavy atom. The smallest absolute Gasteiger partial charge is 0.265 e. The normalized spacial score (nSPS) is 11.5. The minimum Gasteiger partial charge on any atom is -0.382 e. The maximum atomic E-state index is 12.1. The number of hydrogen-bond acceptors (Lipinski definition) is 6. The number of carbonyl (C=O) groups excluding carboxylic acids is 2. The molecule has 0 saturated carbocycles. The molecular formula is C13H23N5O2S. The summed E-state index contributed by atoms with van der Waals surface area (Å²) in [5, 5.41) is 6.40. The first kappa shape index (κ1) is 17.2. The highest BCUT2D eigenvalue weighted by atomic mass is 32.1. The highest BCUT2D eigenvalue weighted by molar-refractivity contribution is 7.18. The van der Waals surface area contributed by atoms with Crippen molar-refractivity contribution in [2.75, 3.05) is 24.1 Å². The molecule has 2 amide bonds. The minimum atomic E-state index is -0.812. The molecule has 1 heterocycles. The van der Waals surface area contributed by atoms with Crippen LogP contribution in [0.25, 0.3) is 0 Å². The van der Waals surface area contributed by atoms with E-state index in [1.165, 1.54) is 11.3 Å². The number of nitrogens with two attached hydrogens (primary N) is 2.